The summed E-state index contributed by atoms with van der Waals surface area (Å²) in [5.41, 5.74) is 14.7. The summed E-state index contributed by atoms with van der Waals surface area (Å²) in [4.78, 5) is 2.57. The topological polar surface area (TPSA) is 55.3 Å². The summed E-state index contributed by atoms with van der Waals surface area (Å²) in [5, 5.41) is 0. The summed E-state index contributed by atoms with van der Waals surface area (Å²) < 4.78 is 0. The molecule has 1 aromatic rings. The lowest BCUT2D eigenvalue weighted by molar-refractivity contribution is 0.231. The molecule has 0 radical (unpaired) electrons. The van der Waals surface area contributed by atoms with Crippen molar-refractivity contribution >= 4 is 24.8 Å². The second kappa shape index (κ2) is 9.74. The smallest absolute Gasteiger partial charge is 0.0475 e. The number of piperidine rings is 1. The Kier molecular flexibility index (Phi) is 9.60. The van der Waals surface area contributed by atoms with Gasteiger partial charge in [0.05, 0.1) is 0 Å². The van der Waals surface area contributed by atoms with Crippen LogP contribution in [-0.2, 0) is 6.42 Å². The zero-order chi connectivity index (χ0) is 14.6. The van der Waals surface area contributed by atoms with Crippen LogP contribution in [0.3, 0.4) is 0 Å². The van der Waals surface area contributed by atoms with Crippen molar-refractivity contribution in [3.05, 3.63) is 35.4 Å². The molecule has 2 rings (SSSR count). The van der Waals surface area contributed by atoms with Crippen molar-refractivity contribution in [3.63, 3.8) is 0 Å². The van der Waals surface area contributed by atoms with Gasteiger partial charge in [-0.25, -0.2) is 0 Å². The third-order valence-corrected chi connectivity index (χ3v) is 4.34. The van der Waals surface area contributed by atoms with E-state index in [1.165, 1.54) is 43.5 Å². The Morgan fingerprint density at radius 3 is 2.27 bits per heavy atom. The van der Waals surface area contributed by atoms with Crippen LogP contribution in [0, 0.1) is 0 Å². The van der Waals surface area contributed by atoms with Crippen LogP contribution in [0.4, 0.5) is 0 Å². The minimum absolute atomic E-state index is 0. The molecule has 1 atom stereocenters. The summed E-state index contributed by atoms with van der Waals surface area (Å²) in [6.07, 6.45) is 5.15. The molecule has 0 saturated carbocycles. The number of benzene rings is 1. The fraction of sp³-hybridized carbons (Fsp3) is 0.647. The van der Waals surface area contributed by atoms with Gasteiger partial charge in [0.1, 0.15) is 0 Å². The van der Waals surface area contributed by atoms with E-state index in [2.05, 4.69) is 29.2 Å². The molecule has 5 heteroatoms. The molecular weight excluding hydrogens is 317 g/mol. The second-order valence-electron chi connectivity index (χ2n) is 6.65. The Labute approximate surface area is 147 Å². The van der Waals surface area contributed by atoms with Crippen LogP contribution in [0.2, 0.25) is 0 Å². The maximum absolute atomic E-state index is 6.34. The Balaban J connectivity index is 0.00000220. The molecule has 1 unspecified atom stereocenters. The molecule has 1 aromatic carbocycles. The van der Waals surface area contributed by atoms with Crippen LogP contribution in [0.5, 0.6) is 0 Å². The zero-order valence-corrected chi connectivity index (χ0v) is 15.4. The van der Waals surface area contributed by atoms with E-state index >= 15 is 0 Å². The SMILES string of the molecule is CC(C)(N)C(N)c1ccccc1CCN1CCCCC1.Cl.Cl. The van der Waals surface area contributed by atoms with Crippen molar-refractivity contribution in [1.29, 1.82) is 0 Å². The third-order valence-electron chi connectivity index (χ3n) is 4.34. The number of nitrogens with zero attached hydrogens (tertiary/aromatic N) is 1. The maximum atomic E-state index is 6.34. The molecule has 1 saturated heterocycles. The van der Waals surface area contributed by atoms with Gasteiger partial charge in [-0.3, -0.25) is 0 Å². The van der Waals surface area contributed by atoms with E-state index in [0.29, 0.717) is 0 Å². The van der Waals surface area contributed by atoms with Crippen molar-refractivity contribution in [2.45, 2.75) is 51.1 Å². The molecule has 0 spiro atoms. The fourth-order valence-corrected chi connectivity index (χ4v) is 2.93. The number of hydrogen-bond donors (Lipinski definition) is 2. The van der Waals surface area contributed by atoms with Crippen molar-refractivity contribution in [2.75, 3.05) is 19.6 Å². The van der Waals surface area contributed by atoms with Gasteiger partial charge in [0.25, 0.3) is 0 Å². The van der Waals surface area contributed by atoms with Crippen molar-refractivity contribution in [1.82, 2.24) is 4.90 Å². The molecule has 22 heavy (non-hydrogen) atoms. The van der Waals surface area contributed by atoms with Gasteiger partial charge >= 0.3 is 0 Å². The van der Waals surface area contributed by atoms with Gasteiger partial charge in [0, 0.05) is 18.1 Å². The standard InChI is InChI=1S/C17H29N3.2ClH/c1-17(2,19)16(18)15-9-5-4-8-14(15)10-13-20-11-6-3-7-12-20;;/h4-5,8-9,16H,3,6-7,10-13,18-19H2,1-2H3;2*1H. The first-order valence-corrected chi connectivity index (χ1v) is 7.83. The van der Waals surface area contributed by atoms with Gasteiger partial charge in [0.2, 0.25) is 0 Å². The van der Waals surface area contributed by atoms with E-state index in [-0.39, 0.29) is 36.4 Å². The van der Waals surface area contributed by atoms with Gasteiger partial charge in [0.15, 0.2) is 0 Å². The lowest BCUT2D eigenvalue weighted by atomic mass is 9.87. The predicted molar refractivity (Wildman–Crippen MR) is 100 cm³/mol. The van der Waals surface area contributed by atoms with Gasteiger partial charge in [-0.2, -0.15) is 0 Å². The van der Waals surface area contributed by atoms with E-state index in [1.807, 2.05) is 13.8 Å². The second-order valence-corrected chi connectivity index (χ2v) is 6.65. The molecule has 0 amide bonds. The van der Waals surface area contributed by atoms with E-state index in [1.54, 1.807) is 0 Å². The molecular formula is C17H31Cl2N3. The lowest BCUT2D eigenvalue weighted by Gasteiger charge is -2.30. The summed E-state index contributed by atoms with van der Waals surface area (Å²) in [6, 6.07) is 8.38. The quantitative estimate of drug-likeness (QED) is 0.858. The Morgan fingerprint density at radius 2 is 1.68 bits per heavy atom. The molecule has 1 heterocycles. The van der Waals surface area contributed by atoms with Crippen LogP contribution < -0.4 is 11.5 Å². The average molecular weight is 348 g/mol. The molecule has 128 valence electrons. The van der Waals surface area contributed by atoms with Gasteiger partial charge in [-0.15, -0.1) is 24.8 Å². The monoisotopic (exact) mass is 347 g/mol. The highest BCUT2D eigenvalue weighted by Gasteiger charge is 2.24. The first-order valence-electron chi connectivity index (χ1n) is 7.83. The van der Waals surface area contributed by atoms with E-state index in [9.17, 15) is 0 Å². The van der Waals surface area contributed by atoms with Gasteiger partial charge < -0.3 is 16.4 Å². The third kappa shape index (κ3) is 6.05. The minimum Gasteiger partial charge on any atom is -0.324 e. The van der Waals surface area contributed by atoms with Crippen LogP contribution in [0.15, 0.2) is 24.3 Å². The highest BCUT2D eigenvalue weighted by Crippen LogP contribution is 2.24. The highest BCUT2D eigenvalue weighted by molar-refractivity contribution is 5.85. The fourth-order valence-electron chi connectivity index (χ4n) is 2.93. The van der Waals surface area contributed by atoms with Crippen LogP contribution >= 0.6 is 24.8 Å². The number of likely N-dealkylation sites (tertiary alicyclic amines) is 1. The molecule has 0 aliphatic carbocycles. The van der Waals surface area contributed by atoms with Crippen LogP contribution in [0.1, 0.15) is 50.3 Å². The Bertz CT molecular complexity index is 426. The van der Waals surface area contributed by atoms with Crippen molar-refractivity contribution in [3.8, 4) is 0 Å². The summed E-state index contributed by atoms with van der Waals surface area (Å²) in [7, 11) is 0. The van der Waals surface area contributed by atoms with Crippen LogP contribution in [0.25, 0.3) is 0 Å². The number of nitrogens with two attached hydrogens (primary N) is 2. The molecule has 1 aliphatic rings. The summed E-state index contributed by atoms with van der Waals surface area (Å²) in [5.74, 6) is 0. The average Bonchev–Trinajstić information content (AvgIpc) is 2.45. The Morgan fingerprint density at radius 1 is 1.09 bits per heavy atom. The minimum atomic E-state index is -0.388. The lowest BCUT2D eigenvalue weighted by Crippen LogP contribution is -2.44. The number of rotatable bonds is 5. The molecule has 0 bridgehead atoms. The van der Waals surface area contributed by atoms with Crippen molar-refractivity contribution in [2.24, 2.45) is 11.5 Å². The predicted octanol–water partition coefficient (Wildman–Crippen LogP) is 3.30. The molecule has 0 aromatic heterocycles. The highest BCUT2D eigenvalue weighted by atomic mass is 35.5. The van der Waals surface area contributed by atoms with Gasteiger partial charge in [-0.05, 0) is 57.3 Å². The summed E-state index contributed by atoms with van der Waals surface area (Å²) in [6.45, 7) is 7.63. The molecule has 4 N–H and O–H groups in total. The van der Waals surface area contributed by atoms with E-state index in [4.69, 9.17) is 11.5 Å². The largest absolute Gasteiger partial charge is 0.324 e. The molecule has 1 aliphatic heterocycles. The first kappa shape index (κ1) is 21.7. The maximum Gasteiger partial charge on any atom is 0.0475 e. The van der Waals surface area contributed by atoms with Crippen LogP contribution in [-0.4, -0.2) is 30.1 Å². The number of hydrogen-bond acceptors (Lipinski definition) is 3. The van der Waals surface area contributed by atoms with E-state index < -0.39 is 0 Å². The molecule has 1 fully saturated rings. The summed E-state index contributed by atoms with van der Waals surface area (Å²) >= 11 is 0. The van der Waals surface area contributed by atoms with Gasteiger partial charge in [-0.1, -0.05) is 30.7 Å². The number of halogens is 2. The molecule has 3 nitrogen and oxygen atoms in total. The Hall–Kier alpha value is -0.320. The zero-order valence-electron chi connectivity index (χ0n) is 13.8. The van der Waals surface area contributed by atoms with Crippen molar-refractivity contribution < 1.29 is 0 Å². The normalized spacial score (nSPS) is 17.3. The first-order chi connectivity index (χ1) is 9.48. The van der Waals surface area contributed by atoms with E-state index in [0.717, 1.165) is 13.0 Å².